The molecular weight excluding hydrogens is 336 g/mol. The zero-order valence-electron chi connectivity index (χ0n) is 17.3. The van der Waals surface area contributed by atoms with Gasteiger partial charge in [-0.05, 0) is 51.8 Å². The van der Waals surface area contributed by atoms with Gasteiger partial charge in [-0.15, -0.1) is 0 Å². The number of aryl methyl sites for hydroxylation is 1. The standard InChI is InChI=1S/C23H30N2O2/c1-22(2,3)15-12-14(13-16(20(15)27)23(4,5)6)19(26)21-24-17-10-8-9-11-18(17)25(21)7/h8-13,19,26-27H,1-7H3. The van der Waals surface area contributed by atoms with Gasteiger partial charge in [-0.3, -0.25) is 0 Å². The van der Waals surface area contributed by atoms with E-state index in [1.165, 1.54) is 0 Å². The maximum atomic E-state index is 11.2. The van der Waals surface area contributed by atoms with Gasteiger partial charge in [0, 0.05) is 7.05 Å². The lowest BCUT2D eigenvalue weighted by Gasteiger charge is -2.29. The molecule has 0 aliphatic rings. The average molecular weight is 367 g/mol. The third-order valence-electron chi connectivity index (χ3n) is 5.13. The molecule has 0 spiro atoms. The highest BCUT2D eigenvalue weighted by atomic mass is 16.3. The number of aliphatic hydroxyl groups is 1. The second-order valence-corrected chi connectivity index (χ2v) is 9.38. The molecular formula is C23H30N2O2. The molecule has 4 heteroatoms. The van der Waals surface area contributed by atoms with Gasteiger partial charge in [0.2, 0.25) is 0 Å². The van der Waals surface area contributed by atoms with Crippen molar-refractivity contribution in [1.29, 1.82) is 0 Å². The number of imidazole rings is 1. The Morgan fingerprint density at radius 3 is 1.93 bits per heavy atom. The third kappa shape index (κ3) is 3.46. The monoisotopic (exact) mass is 366 g/mol. The van der Waals surface area contributed by atoms with Crippen LogP contribution in [0.1, 0.15) is 70.2 Å². The predicted octanol–water partition coefficient (Wildman–Crippen LogP) is 4.96. The fourth-order valence-corrected chi connectivity index (χ4v) is 3.52. The molecule has 0 aliphatic carbocycles. The number of hydrogen-bond acceptors (Lipinski definition) is 3. The fraction of sp³-hybridized carbons (Fsp3) is 0.435. The average Bonchev–Trinajstić information content (AvgIpc) is 2.89. The molecule has 0 saturated carbocycles. The van der Waals surface area contributed by atoms with Gasteiger partial charge in [0.25, 0.3) is 0 Å². The number of hydrogen-bond donors (Lipinski definition) is 2. The van der Waals surface area contributed by atoms with E-state index in [-0.39, 0.29) is 10.8 Å². The number of aromatic nitrogens is 2. The molecule has 144 valence electrons. The fourth-order valence-electron chi connectivity index (χ4n) is 3.52. The summed E-state index contributed by atoms with van der Waals surface area (Å²) in [6.07, 6.45) is -0.870. The van der Waals surface area contributed by atoms with E-state index in [0.29, 0.717) is 11.6 Å². The van der Waals surface area contributed by atoms with E-state index in [9.17, 15) is 10.2 Å². The van der Waals surface area contributed by atoms with Gasteiger partial charge in [0.05, 0.1) is 11.0 Å². The summed E-state index contributed by atoms with van der Waals surface area (Å²) < 4.78 is 1.93. The number of aromatic hydroxyl groups is 1. The quantitative estimate of drug-likeness (QED) is 0.674. The molecule has 0 fully saturated rings. The highest BCUT2D eigenvalue weighted by Crippen LogP contribution is 2.41. The number of aliphatic hydroxyl groups excluding tert-OH is 1. The van der Waals surface area contributed by atoms with E-state index in [2.05, 4.69) is 46.5 Å². The van der Waals surface area contributed by atoms with Gasteiger partial charge in [-0.25, -0.2) is 4.98 Å². The first-order valence-corrected chi connectivity index (χ1v) is 9.38. The van der Waals surface area contributed by atoms with Crippen LogP contribution in [0.3, 0.4) is 0 Å². The van der Waals surface area contributed by atoms with Crippen molar-refractivity contribution in [3.8, 4) is 5.75 Å². The molecule has 0 saturated heterocycles. The van der Waals surface area contributed by atoms with E-state index < -0.39 is 6.10 Å². The van der Waals surface area contributed by atoms with Gasteiger partial charge >= 0.3 is 0 Å². The lowest BCUT2D eigenvalue weighted by atomic mass is 9.78. The van der Waals surface area contributed by atoms with E-state index in [0.717, 1.165) is 27.7 Å². The summed E-state index contributed by atoms with van der Waals surface area (Å²) in [5, 5.41) is 22.1. The van der Waals surface area contributed by atoms with Crippen LogP contribution < -0.4 is 0 Å². The predicted molar refractivity (Wildman–Crippen MR) is 110 cm³/mol. The molecule has 2 aromatic carbocycles. The Kier molecular flexibility index (Phi) is 4.59. The highest BCUT2D eigenvalue weighted by Gasteiger charge is 2.29. The summed E-state index contributed by atoms with van der Waals surface area (Å²) in [6.45, 7) is 12.4. The van der Waals surface area contributed by atoms with Crippen LogP contribution in [0.15, 0.2) is 36.4 Å². The summed E-state index contributed by atoms with van der Waals surface area (Å²) in [7, 11) is 1.92. The van der Waals surface area contributed by atoms with Crippen molar-refractivity contribution >= 4 is 11.0 Å². The van der Waals surface area contributed by atoms with Crippen LogP contribution in [-0.4, -0.2) is 19.8 Å². The van der Waals surface area contributed by atoms with Crippen LogP contribution in [0.5, 0.6) is 5.75 Å². The van der Waals surface area contributed by atoms with Gasteiger partial charge in [-0.2, -0.15) is 0 Å². The molecule has 0 amide bonds. The van der Waals surface area contributed by atoms with Crippen molar-refractivity contribution in [2.45, 2.75) is 58.5 Å². The Balaban J connectivity index is 2.22. The smallest absolute Gasteiger partial charge is 0.143 e. The molecule has 3 rings (SSSR count). The summed E-state index contributed by atoms with van der Waals surface area (Å²) in [5.74, 6) is 0.914. The van der Waals surface area contributed by atoms with Crippen LogP contribution >= 0.6 is 0 Å². The third-order valence-corrected chi connectivity index (χ3v) is 5.13. The van der Waals surface area contributed by atoms with Crippen LogP contribution in [0.4, 0.5) is 0 Å². The molecule has 2 N–H and O–H groups in total. The van der Waals surface area contributed by atoms with Crippen molar-refractivity contribution in [2.75, 3.05) is 0 Å². The van der Waals surface area contributed by atoms with E-state index >= 15 is 0 Å². The first-order valence-electron chi connectivity index (χ1n) is 9.38. The maximum absolute atomic E-state index is 11.2. The molecule has 1 atom stereocenters. The number of benzene rings is 2. The van der Waals surface area contributed by atoms with Crippen molar-refractivity contribution in [3.63, 3.8) is 0 Å². The summed E-state index contributed by atoms with van der Waals surface area (Å²) in [6, 6.07) is 11.7. The Hall–Kier alpha value is -2.33. The van der Waals surface area contributed by atoms with E-state index in [1.54, 1.807) is 0 Å². The van der Waals surface area contributed by atoms with Gasteiger partial charge in [0.15, 0.2) is 0 Å². The zero-order chi connectivity index (χ0) is 20.1. The molecule has 4 nitrogen and oxygen atoms in total. The van der Waals surface area contributed by atoms with Crippen molar-refractivity contribution in [3.05, 3.63) is 58.9 Å². The molecule has 27 heavy (non-hydrogen) atoms. The minimum Gasteiger partial charge on any atom is -0.507 e. The number of para-hydroxylation sites is 2. The largest absolute Gasteiger partial charge is 0.507 e. The molecule has 0 radical (unpaired) electrons. The maximum Gasteiger partial charge on any atom is 0.143 e. The lowest BCUT2D eigenvalue weighted by Crippen LogP contribution is -2.19. The Morgan fingerprint density at radius 2 is 1.44 bits per heavy atom. The van der Waals surface area contributed by atoms with E-state index in [4.69, 9.17) is 0 Å². The van der Waals surface area contributed by atoms with Crippen molar-refractivity contribution in [2.24, 2.45) is 7.05 Å². The Bertz CT molecular complexity index is 953. The van der Waals surface area contributed by atoms with E-state index in [1.807, 2.05) is 48.0 Å². The normalized spacial score (nSPS) is 13.9. The van der Waals surface area contributed by atoms with Crippen molar-refractivity contribution in [1.82, 2.24) is 9.55 Å². The SMILES string of the molecule is Cn1c(C(O)c2cc(C(C)(C)C)c(O)c(C(C)(C)C)c2)nc2ccccc21. The van der Waals surface area contributed by atoms with Crippen LogP contribution in [-0.2, 0) is 17.9 Å². The van der Waals surface area contributed by atoms with Crippen LogP contribution in [0.25, 0.3) is 11.0 Å². The van der Waals surface area contributed by atoms with Gasteiger partial charge < -0.3 is 14.8 Å². The van der Waals surface area contributed by atoms with Crippen molar-refractivity contribution < 1.29 is 10.2 Å². The Morgan fingerprint density at radius 1 is 0.926 bits per heavy atom. The zero-order valence-corrected chi connectivity index (χ0v) is 17.3. The number of phenolic OH excluding ortho intramolecular Hbond substituents is 1. The minimum absolute atomic E-state index is 0.244. The summed E-state index contributed by atoms with van der Waals surface area (Å²) in [4.78, 5) is 4.65. The number of fused-ring (bicyclic) bond motifs is 1. The molecule has 1 heterocycles. The second kappa shape index (κ2) is 6.38. The number of rotatable bonds is 2. The van der Waals surface area contributed by atoms with Crippen LogP contribution in [0, 0.1) is 0 Å². The molecule has 1 unspecified atom stereocenters. The van der Waals surface area contributed by atoms with Crippen LogP contribution in [0.2, 0.25) is 0 Å². The van der Waals surface area contributed by atoms with Gasteiger partial charge in [0.1, 0.15) is 17.7 Å². The highest BCUT2D eigenvalue weighted by molar-refractivity contribution is 5.76. The summed E-state index contributed by atoms with van der Waals surface area (Å²) in [5.41, 5.74) is 3.78. The Labute approximate surface area is 161 Å². The topological polar surface area (TPSA) is 58.3 Å². The summed E-state index contributed by atoms with van der Waals surface area (Å²) >= 11 is 0. The molecule has 0 aliphatic heterocycles. The number of nitrogens with zero attached hydrogens (tertiary/aromatic N) is 2. The first-order chi connectivity index (χ1) is 12.4. The molecule has 1 aromatic heterocycles. The molecule has 3 aromatic rings. The lowest BCUT2D eigenvalue weighted by molar-refractivity contribution is 0.206. The second-order valence-electron chi connectivity index (χ2n) is 9.38. The minimum atomic E-state index is -0.870. The number of phenols is 1. The molecule has 0 bridgehead atoms. The first kappa shape index (κ1) is 19.4. The van der Waals surface area contributed by atoms with Gasteiger partial charge in [-0.1, -0.05) is 53.7 Å².